The molecule has 2 saturated heterocycles. The van der Waals surface area contributed by atoms with E-state index in [-0.39, 0.29) is 30.7 Å². The molecule has 2 aliphatic rings. The molecule has 13 heteroatoms. The van der Waals surface area contributed by atoms with E-state index in [4.69, 9.17) is 32.9 Å². The van der Waals surface area contributed by atoms with Crippen LogP contribution in [0, 0.1) is 5.41 Å². The summed E-state index contributed by atoms with van der Waals surface area (Å²) in [6, 6.07) is 19.2. The Bertz CT molecular complexity index is 2190. The second-order valence-electron chi connectivity index (χ2n) is 13.6. The number of hydrogen-bond acceptors (Lipinski definition) is 9. The van der Waals surface area contributed by atoms with Gasteiger partial charge in [0.15, 0.2) is 0 Å². The van der Waals surface area contributed by atoms with Gasteiger partial charge in [0.1, 0.15) is 5.65 Å². The zero-order chi connectivity index (χ0) is 36.4. The number of nitrogens with zero attached hydrogens (tertiary/aromatic N) is 4. The molecule has 2 fully saturated rings. The lowest BCUT2D eigenvalue weighted by atomic mass is 9.89. The Kier molecular flexibility index (Phi) is 10.6. The third-order valence-corrected chi connectivity index (χ3v) is 11.0. The van der Waals surface area contributed by atoms with E-state index in [1.165, 1.54) is 4.40 Å². The second kappa shape index (κ2) is 15.3. The number of rotatable bonds is 12. The lowest BCUT2D eigenvalue weighted by Gasteiger charge is -2.24. The average Bonchev–Trinajstić information content (AvgIpc) is 3.78. The number of amides is 1. The molecule has 270 valence electrons. The summed E-state index contributed by atoms with van der Waals surface area (Å²) in [5.41, 5.74) is 5.62. The zero-order valence-corrected chi connectivity index (χ0v) is 30.3. The van der Waals surface area contributed by atoms with E-state index in [1.807, 2.05) is 60.7 Å². The first-order chi connectivity index (χ1) is 25.2. The van der Waals surface area contributed by atoms with E-state index >= 15 is 0 Å². The molecule has 2 aliphatic heterocycles. The number of pyridine rings is 2. The van der Waals surface area contributed by atoms with Gasteiger partial charge in [0.2, 0.25) is 11.8 Å². The number of hydrogen-bond donors (Lipinski definition) is 4. The Morgan fingerprint density at radius 3 is 2.40 bits per heavy atom. The van der Waals surface area contributed by atoms with Crippen molar-refractivity contribution in [3.8, 4) is 39.4 Å². The van der Waals surface area contributed by atoms with Gasteiger partial charge in [0.25, 0.3) is 5.56 Å². The monoisotopic (exact) mass is 742 g/mol. The van der Waals surface area contributed by atoms with Crippen LogP contribution < -0.4 is 20.9 Å². The van der Waals surface area contributed by atoms with Crippen LogP contribution in [0.1, 0.15) is 30.4 Å². The van der Waals surface area contributed by atoms with E-state index in [0.29, 0.717) is 78.4 Å². The Morgan fingerprint density at radius 2 is 1.71 bits per heavy atom. The zero-order valence-electron chi connectivity index (χ0n) is 28.7. The molecule has 5 heterocycles. The molecule has 0 radical (unpaired) electrons. The van der Waals surface area contributed by atoms with Crippen LogP contribution >= 0.6 is 23.2 Å². The molecular formula is C39H40Cl2N6O5. The number of carbonyl (C=O) groups excluding carboxylic acids is 1. The minimum Gasteiger partial charge on any atom is -0.481 e. The first kappa shape index (κ1) is 36.0. The standard InChI is InChI=1S/C39H40Cl2N6O5/c1-52-37-25(17-42-19-27-9-11-34(50)44-27)8-10-32(45-37)31-7-3-6-30(36(31)41)29-5-2-4-28(35(29)40)24-12-14-47-33(16-24)43-18-26(38(47)51)20-46-15-13-39(21-46,22-48)23-49/h2-8,10,12,14,16,18,27,42,48-49H,9,11,13,15,17,19-23H2,1H3,(H,44,50)/t27-/m1/s1. The van der Waals surface area contributed by atoms with Gasteiger partial charge in [0.05, 0.1) is 41.6 Å². The number of fused-ring (bicyclic) bond motifs is 1. The van der Waals surface area contributed by atoms with Crippen LogP contribution in [-0.2, 0) is 17.9 Å². The number of carbonyl (C=O) groups is 1. The molecule has 5 aromatic rings. The first-order valence-electron chi connectivity index (χ1n) is 17.3. The molecule has 0 aliphatic carbocycles. The van der Waals surface area contributed by atoms with E-state index in [0.717, 1.165) is 39.8 Å². The number of nitrogens with one attached hydrogen (secondary N) is 2. The Labute approximate surface area is 311 Å². The maximum atomic E-state index is 13.4. The first-order valence-corrected chi connectivity index (χ1v) is 18.0. The molecule has 52 heavy (non-hydrogen) atoms. The Morgan fingerprint density at radius 1 is 0.981 bits per heavy atom. The minimum atomic E-state index is -0.541. The van der Waals surface area contributed by atoms with E-state index in [1.54, 1.807) is 19.5 Å². The maximum absolute atomic E-state index is 13.4. The summed E-state index contributed by atoms with van der Waals surface area (Å²) >= 11 is 14.2. The van der Waals surface area contributed by atoms with Crippen molar-refractivity contribution >= 4 is 34.8 Å². The van der Waals surface area contributed by atoms with Gasteiger partial charge in [-0.15, -0.1) is 0 Å². The van der Waals surface area contributed by atoms with Gasteiger partial charge in [-0.1, -0.05) is 65.7 Å². The summed E-state index contributed by atoms with van der Waals surface area (Å²) in [6.45, 7) is 2.60. The highest BCUT2D eigenvalue weighted by molar-refractivity contribution is 6.39. The fourth-order valence-corrected chi connectivity index (χ4v) is 7.81. The third-order valence-electron chi connectivity index (χ3n) is 10.2. The van der Waals surface area contributed by atoms with Crippen LogP contribution in [-0.4, -0.2) is 81.4 Å². The van der Waals surface area contributed by atoms with Gasteiger partial charge in [-0.3, -0.25) is 18.9 Å². The smallest absolute Gasteiger partial charge is 0.262 e. The number of benzene rings is 2. The summed E-state index contributed by atoms with van der Waals surface area (Å²) in [4.78, 5) is 36.4. The predicted molar refractivity (Wildman–Crippen MR) is 202 cm³/mol. The van der Waals surface area contributed by atoms with E-state index in [9.17, 15) is 19.8 Å². The highest BCUT2D eigenvalue weighted by Crippen LogP contribution is 2.42. The molecule has 7 rings (SSSR count). The lowest BCUT2D eigenvalue weighted by molar-refractivity contribution is -0.119. The van der Waals surface area contributed by atoms with Crippen molar-refractivity contribution in [1.82, 2.24) is 29.9 Å². The molecule has 0 spiro atoms. The predicted octanol–water partition coefficient (Wildman–Crippen LogP) is 4.95. The average molecular weight is 744 g/mol. The van der Waals surface area contributed by atoms with Crippen molar-refractivity contribution in [3.05, 3.63) is 105 Å². The normalized spacial score (nSPS) is 17.2. The number of aromatic nitrogens is 3. The van der Waals surface area contributed by atoms with E-state index < -0.39 is 5.41 Å². The molecule has 4 N–H and O–H groups in total. The fraction of sp³-hybridized carbons (Fsp3) is 0.333. The van der Waals surface area contributed by atoms with Crippen molar-refractivity contribution < 1.29 is 19.7 Å². The van der Waals surface area contributed by atoms with Crippen molar-refractivity contribution in [3.63, 3.8) is 0 Å². The third kappa shape index (κ3) is 7.17. The number of halogens is 2. The number of likely N-dealkylation sites (tertiary alicyclic amines) is 1. The summed E-state index contributed by atoms with van der Waals surface area (Å²) in [5, 5.41) is 26.9. The topological polar surface area (TPSA) is 141 Å². The molecule has 0 unspecified atom stereocenters. The summed E-state index contributed by atoms with van der Waals surface area (Å²) < 4.78 is 7.17. The van der Waals surface area contributed by atoms with Crippen LogP contribution in [0.4, 0.5) is 0 Å². The van der Waals surface area contributed by atoms with Gasteiger partial charge in [-0.05, 0) is 43.1 Å². The molecule has 0 saturated carbocycles. The van der Waals surface area contributed by atoms with Gasteiger partial charge in [-0.2, -0.15) is 0 Å². The summed E-state index contributed by atoms with van der Waals surface area (Å²) in [7, 11) is 1.59. The molecule has 0 bridgehead atoms. The second-order valence-corrected chi connectivity index (χ2v) is 14.4. The fourth-order valence-electron chi connectivity index (χ4n) is 7.14. The summed E-state index contributed by atoms with van der Waals surface area (Å²) in [6.07, 6.45) is 5.37. The van der Waals surface area contributed by atoms with Gasteiger partial charge in [-0.25, -0.2) is 9.97 Å². The number of aliphatic hydroxyl groups is 2. The Hall–Kier alpha value is -4.36. The molecule has 2 aromatic carbocycles. The SMILES string of the molecule is COc1nc(-c2cccc(-c3cccc(-c4ccn5c(=O)c(CN6CCC(CO)(CO)C6)cnc5c4)c3Cl)c2Cl)ccc1CNC[C@H]1CCC(=O)N1. The highest BCUT2D eigenvalue weighted by atomic mass is 35.5. The highest BCUT2D eigenvalue weighted by Gasteiger charge is 2.37. The van der Waals surface area contributed by atoms with Crippen molar-refractivity contribution in [2.45, 2.75) is 38.4 Å². The molecule has 1 amide bonds. The largest absolute Gasteiger partial charge is 0.481 e. The van der Waals surface area contributed by atoms with Crippen LogP contribution in [0.2, 0.25) is 10.0 Å². The molecular weight excluding hydrogens is 703 g/mol. The van der Waals surface area contributed by atoms with Gasteiger partial charge < -0.3 is 25.6 Å². The minimum absolute atomic E-state index is 0.0899. The molecule has 1 atom stereocenters. The number of methoxy groups -OCH3 is 1. The van der Waals surface area contributed by atoms with Crippen molar-refractivity contribution in [1.29, 1.82) is 0 Å². The van der Waals surface area contributed by atoms with Crippen LogP contribution in [0.25, 0.3) is 39.2 Å². The maximum Gasteiger partial charge on any atom is 0.262 e. The Balaban J connectivity index is 1.12. The molecule has 11 nitrogen and oxygen atoms in total. The van der Waals surface area contributed by atoms with Crippen molar-refractivity contribution in [2.24, 2.45) is 5.41 Å². The van der Waals surface area contributed by atoms with Gasteiger partial charge in [0, 0.05) is 84.3 Å². The van der Waals surface area contributed by atoms with Crippen molar-refractivity contribution in [2.75, 3.05) is 40.0 Å². The van der Waals surface area contributed by atoms with Gasteiger partial charge >= 0.3 is 0 Å². The van der Waals surface area contributed by atoms with Crippen LogP contribution in [0.3, 0.4) is 0 Å². The number of aliphatic hydroxyl groups excluding tert-OH is 2. The van der Waals surface area contributed by atoms with E-state index in [2.05, 4.69) is 20.5 Å². The lowest BCUT2D eigenvalue weighted by Crippen LogP contribution is -2.35. The number of ether oxygens (including phenoxy) is 1. The molecule has 3 aromatic heterocycles. The van der Waals surface area contributed by atoms with Crippen LogP contribution in [0.5, 0.6) is 5.88 Å². The summed E-state index contributed by atoms with van der Waals surface area (Å²) in [5.74, 6) is 0.576. The van der Waals surface area contributed by atoms with Crippen LogP contribution in [0.15, 0.2) is 77.9 Å². The quantitative estimate of drug-likeness (QED) is 0.140.